The predicted molar refractivity (Wildman–Crippen MR) is 111 cm³/mol. The minimum atomic E-state index is -0.988. The lowest BCUT2D eigenvalue weighted by molar-refractivity contribution is 0.0617. The molecular formula is C22H30N4O2. The van der Waals surface area contributed by atoms with Crippen LogP contribution in [0.5, 0.6) is 5.88 Å². The second kappa shape index (κ2) is 9.55. The second-order valence-electron chi connectivity index (χ2n) is 7.45. The molecule has 1 heterocycles. The van der Waals surface area contributed by atoms with Gasteiger partial charge in [0.05, 0.1) is 19.7 Å². The van der Waals surface area contributed by atoms with E-state index in [2.05, 4.69) is 20.6 Å². The number of nitrogens with zero attached hydrogens (tertiary/aromatic N) is 2. The molecule has 1 unspecified atom stereocenters. The maximum atomic E-state index is 10.8. The fourth-order valence-electron chi connectivity index (χ4n) is 2.78. The summed E-state index contributed by atoms with van der Waals surface area (Å²) in [5.41, 5.74) is 0.913. The van der Waals surface area contributed by atoms with Crippen molar-refractivity contribution in [3.63, 3.8) is 0 Å². The molecule has 0 radical (unpaired) electrons. The Balaban J connectivity index is 1.58. The maximum absolute atomic E-state index is 10.8. The molecule has 6 nitrogen and oxygen atoms in total. The Labute approximate surface area is 167 Å². The van der Waals surface area contributed by atoms with Crippen LogP contribution in [-0.2, 0) is 12.1 Å². The van der Waals surface area contributed by atoms with Crippen molar-refractivity contribution in [3.05, 3.63) is 59.8 Å². The highest BCUT2D eigenvalue weighted by atomic mass is 16.5. The van der Waals surface area contributed by atoms with Gasteiger partial charge in [0.15, 0.2) is 5.96 Å². The summed E-state index contributed by atoms with van der Waals surface area (Å²) in [5, 5.41) is 17.2. The molecule has 1 fully saturated rings. The third-order valence-electron chi connectivity index (χ3n) is 4.72. The Kier molecular flexibility index (Phi) is 6.87. The summed E-state index contributed by atoms with van der Waals surface area (Å²) >= 11 is 0. The zero-order valence-electron chi connectivity index (χ0n) is 16.7. The van der Waals surface area contributed by atoms with Crippen molar-refractivity contribution < 1.29 is 9.84 Å². The zero-order chi connectivity index (χ0) is 19.8. The van der Waals surface area contributed by atoms with Crippen LogP contribution < -0.4 is 15.4 Å². The Morgan fingerprint density at radius 1 is 1.25 bits per heavy atom. The van der Waals surface area contributed by atoms with Gasteiger partial charge in [-0.2, -0.15) is 0 Å². The fourth-order valence-corrected chi connectivity index (χ4v) is 2.78. The molecule has 1 aromatic carbocycles. The van der Waals surface area contributed by atoms with E-state index in [1.165, 1.54) is 12.8 Å². The van der Waals surface area contributed by atoms with Crippen LogP contribution in [-0.4, -0.2) is 35.7 Å². The molecule has 1 aromatic heterocycles. The Morgan fingerprint density at radius 2 is 2.04 bits per heavy atom. The number of aliphatic imine (C=N–C) groups is 1. The van der Waals surface area contributed by atoms with Crippen LogP contribution in [0, 0.1) is 5.92 Å². The van der Waals surface area contributed by atoms with Gasteiger partial charge in [0.2, 0.25) is 5.88 Å². The topological polar surface area (TPSA) is 78.8 Å². The van der Waals surface area contributed by atoms with Gasteiger partial charge < -0.3 is 20.5 Å². The molecule has 0 aliphatic heterocycles. The molecule has 0 bridgehead atoms. The maximum Gasteiger partial charge on any atom is 0.213 e. The summed E-state index contributed by atoms with van der Waals surface area (Å²) in [5.74, 6) is 2.02. The third kappa shape index (κ3) is 6.23. The van der Waals surface area contributed by atoms with Gasteiger partial charge >= 0.3 is 0 Å². The van der Waals surface area contributed by atoms with Gasteiger partial charge in [-0.25, -0.2) is 9.98 Å². The third-order valence-corrected chi connectivity index (χ3v) is 4.72. The Hall–Kier alpha value is -2.60. The van der Waals surface area contributed by atoms with Crippen LogP contribution in [0.25, 0.3) is 0 Å². The largest absolute Gasteiger partial charge is 0.477 e. The molecular weight excluding hydrogens is 352 g/mol. The molecule has 150 valence electrons. The number of benzene rings is 1. The smallest absolute Gasteiger partial charge is 0.213 e. The highest BCUT2D eigenvalue weighted by Gasteiger charge is 2.23. The average molecular weight is 383 g/mol. The van der Waals surface area contributed by atoms with E-state index < -0.39 is 5.60 Å². The molecule has 1 aliphatic rings. The molecule has 0 amide bonds. The van der Waals surface area contributed by atoms with Crippen LogP contribution in [0.4, 0.5) is 0 Å². The highest BCUT2D eigenvalue weighted by molar-refractivity contribution is 5.79. The summed E-state index contributed by atoms with van der Waals surface area (Å²) in [6, 6.07) is 13.5. The van der Waals surface area contributed by atoms with E-state index >= 15 is 0 Å². The Bertz CT molecular complexity index is 773. The first-order chi connectivity index (χ1) is 13.6. The average Bonchev–Trinajstić information content (AvgIpc) is 3.54. The molecule has 3 N–H and O–H groups in total. The van der Waals surface area contributed by atoms with Gasteiger partial charge in [-0.1, -0.05) is 30.3 Å². The van der Waals surface area contributed by atoms with E-state index in [1.54, 1.807) is 13.1 Å². The predicted octanol–water partition coefficient (Wildman–Crippen LogP) is 2.83. The van der Waals surface area contributed by atoms with E-state index in [4.69, 9.17) is 4.74 Å². The molecule has 28 heavy (non-hydrogen) atoms. The normalized spacial score (nSPS) is 16.3. The summed E-state index contributed by atoms with van der Waals surface area (Å²) in [7, 11) is 0. The highest BCUT2D eigenvalue weighted by Crippen LogP contribution is 2.29. The van der Waals surface area contributed by atoms with E-state index in [9.17, 15) is 5.11 Å². The van der Waals surface area contributed by atoms with Crippen molar-refractivity contribution in [2.45, 2.75) is 38.8 Å². The number of hydrogen-bond donors (Lipinski definition) is 3. The number of guanidine groups is 1. The molecule has 1 aliphatic carbocycles. The van der Waals surface area contributed by atoms with E-state index in [-0.39, 0.29) is 0 Å². The van der Waals surface area contributed by atoms with Gasteiger partial charge in [-0.05, 0) is 49.8 Å². The summed E-state index contributed by atoms with van der Waals surface area (Å²) in [6.07, 6.45) is 4.27. The minimum absolute atomic E-state index is 0.356. The monoisotopic (exact) mass is 382 g/mol. The Morgan fingerprint density at radius 3 is 2.75 bits per heavy atom. The number of nitrogens with one attached hydrogen (secondary N) is 2. The van der Waals surface area contributed by atoms with Gasteiger partial charge in [0.25, 0.3) is 0 Å². The number of aliphatic hydroxyl groups is 1. The lowest BCUT2D eigenvalue weighted by Crippen LogP contribution is -2.44. The van der Waals surface area contributed by atoms with E-state index in [0.717, 1.165) is 24.3 Å². The van der Waals surface area contributed by atoms with Crippen molar-refractivity contribution in [2.75, 3.05) is 19.7 Å². The first-order valence-electron chi connectivity index (χ1n) is 9.94. The number of pyridine rings is 1. The van der Waals surface area contributed by atoms with Crippen molar-refractivity contribution in [1.82, 2.24) is 15.6 Å². The van der Waals surface area contributed by atoms with Crippen molar-refractivity contribution in [2.24, 2.45) is 10.9 Å². The number of ether oxygens (including phenoxy) is 1. The number of hydrogen-bond acceptors (Lipinski definition) is 4. The van der Waals surface area contributed by atoms with Gasteiger partial charge in [-0.3, -0.25) is 0 Å². The van der Waals surface area contributed by atoms with Gasteiger partial charge in [0.1, 0.15) is 5.60 Å². The minimum Gasteiger partial charge on any atom is -0.477 e. The SMILES string of the molecule is CCNC(=NCc1ccnc(OCC2CC2)c1)NCC(C)(O)c1ccccc1. The lowest BCUT2D eigenvalue weighted by atomic mass is 9.96. The zero-order valence-corrected chi connectivity index (χ0v) is 16.7. The molecule has 1 saturated carbocycles. The number of aromatic nitrogens is 1. The quantitative estimate of drug-likeness (QED) is 0.459. The summed E-state index contributed by atoms with van der Waals surface area (Å²) in [4.78, 5) is 8.90. The molecule has 6 heteroatoms. The fraction of sp³-hybridized carbons (Fsp3) is 0.455. The molecule has 0 spiro atoms. The van der Waals surface area contributed by atoms with Gasteiger partial charge in [-0.15, -0.1) is 0 Å². The van der Waals surface area contributed by atoms with Crippen LogP contribution in [0.1, 0.15) is 37.8 Å². The molecule has 2 aromatic rings. The van der Waals surface area contributed by atoms with E-state index in [1.807, 2.05) is 49.4 Å². The lowest BCUT2D eigenvalue weighted by Gasteiger charge is -2.25. The molecule has 0 saturated heterocycles. The standard InChI is InChI=1S/C22H30N4O2/c1-3-23-21(26-16-22(2,27)19-7-5-4-6-8-19)25-14-18-11-12-24-20(13-18)28-15-17-9-10-17/h4-8,11-13,17,27H,3,9-10,14-16H2,1-2H3,(H2,23,25,26). The number of rotatable bonds is 9. The van der Waals surface area contributed by atoms with Crippen LogP contribution in [0.3, 0.4) is 0 Å². The second-order valence-corrected chi connectivity index (χ2v) is 7.45. The molecule has 1 atom stereocenters. The van der Waals surface area contributed by atoms with Crippen molar-refractivity contribution >= 4 is 5.96 Å². The first-order valence-corrected chi connectivity index (χ1v) is 9.94. The van der Waals surface area contributed by atoms with E-state index in [0.29, 0.717) is 30.8 Å². The van der Waals surface area contributed by atoms with Crippen LogP contribution >= 0.6 is 0 Å². The van der Waals surface area contributed by atoms with Crippen LogP contribution in [0.15, 0.2) is 53.7 Å². The van der Waals surface area contributed by atoms with Crippen LogP contribution in [0.2, 0.25) is 0 Å². The summed E-state index contributed by atoms with van der Waals surface area (Å²) < 4.78 is 5.74. The van der Waals surface area contributed by atoms with Crippen molar-refractivity contribution in [1.29, 1.82) is 0 Å². The summed E-state index contributed by atoms with van der Waals surface area (Å²) in [6.45, 7) is 6.16. The molecule has 3 rings (SSSR count). The van der Waals surface area contributed by atoms with Gasteiger partial charge in [0, 0.05) is 18.8 Å². The van der Waals surface area contributed by atoms with Crippen molar-refractivity contribution in [3.8, 4) is 5.88 Å². The first kappa shape index (κ1) is 20.1.